The molecule has 0 aliphatic carbocycles. The molecule has 1 aromatic heterocycles. The van der Waals surface area contributed by atoms with Crippen LogP contribution in [0.25, 0.3) is 0 Å². The predicted octanol–water partition coefficient (Wildman–Crippen LogP) is 2.36. The predicted molar refractivity (Wildman–Crippen MR) is 141 cm³/mol. The number of aromatic nitrogens is 1. The van der Waals surface area contributed by atoms with E-state index in [1.165, 1.54) is 36.9 Å². The average Bonchev–Trinajstić information content (AvgIpc) is 3.19. The minimum atomic E-state index is -4.04. The lowest BCUT2D eigenvalue weighted by Gasteiger charge is -2.38. The normalized spacial score (nSPS) is 18.8. The molecular weight excluding hydrogens is 514 g/mol. The summed E-state index contributed by atoms with van der Waals surface area (Å²) in [6.45, 7) is 10.7. The third-order valence-electron chi connectivity index (χ3n) is 6.37. The highest BCUT2D eigenvalue weighted by Gasteiger charge is 2.34. The molecule has 0 fully saturated rings. The van der Waals surface area contributed by atoms with Crippen molar-refractivity contribution >= 4 is 27.6 Å². The molecule has 12 nitrogen and oxygen atoms in total. The molecule has 1 aromatic carbocycles. The summed E-state index contributed by atoms with van der Waals surface area (Å²) in [6.07, 6.45) is -0.483. The van der Waals surface area contributed by atoms with E-state index in [4.69, 9.17) is 9.26 Å². The number of anilines is 1. The molecule has 1 aliphatic rings. The number of aliphatic hydroxyl groups excluding tert-OH is 1. The highest BCUT2D eigenvalue weighted by molar-refractivity contribution is 7.92. The Balaban J connectivity index is 1.98. The third-order valence-corrected chi connectivity index (χ3v) is 7.99. The van der Waals surface area contributed by atoms with Gasteiger partial charge in [0, 0.05) is 31.2 Å². The molecule has 38 heavy (non-hydrogen) atoms. The van der Waals surface area contributed by atoms with Gasteiger partial charge >= 0.3 is 6.03 Å². The fraction of sp³-hybridized carbons (Fsp3) is 0.560. The lowest BCUT2D eigenvalue weighted by atomic mass is 9.99. The standard InChI is InChI=1S/C25H37N5O7S/c1-14(2)26-25(33)29(7)12-22-15(3)11-30(16(4)13-31)24(32)20-10-19(8-9-21(20)36-22)28-38(34,35)23-17(5)27-37-18(23)6/h8-10,14-16,22,28,31H,11-13H2,1-7H3,(H,26,33)/t15-,16-,22+/m1/s1. The molecule has 2 aromatic rings. The lowest BCUT2D eigenvalue weighted by molar-refractivity contribution is 0.0366. The Hall–Kier alpha value is -3.32. The summed E-state index contributed by atoms with van der Waals surface area (Å²) in [5.74, 6) is -0.199. The first-order valence-corrected chi connectivity index (χ1v) is 13.9. The number of likely N-dealkylation sites (N-methyl/N-ethyl adjacent to an activating group) is 1. The number of nitrogens with one attached hydrogen (secondary N) is 2. The quantitative estimate of drug-likeness (QED) is 0.452. The van der Waals surface area contributed by atoms with E-state index in [9.17, 15) is 23.1 Å². The fourth-order valence-electron chi connectivity index (χ4n) is 4.28. The highest BCUT2D eigenvalue weighted by atomic mass is 32.2. The van der Waals surface area contributed by atoms with E-state index in [0.29, 0.717) is 0 Å². The van der Waals surface area contributed by atoms with Crippen molar-refractivity contribution < 1.29 is 32.4 Å². The van der Waals surface area contributed by atoms with E-state index in [2.05, 4.69) is 15.2 Å². The molecule has 0 saturated heterocycles. The van der Waals surface area contributed by atoms with Crippen LogP contribution in [0.4, 0.5) is 10.5 Å². The van der Waals surface area contributed by atoms with Gasteiger partial charge in [0.15, 0.2) is 10.7 Å². The van der Waals surface area contributed by atoms with Gasteiger partial charge in [-0.2, -0.15) is 0 Å². The number of ether oxygens (including phenoxy) is 1. The molecule has 3 amide bonds. The maximum atomic E-state index is 13.6. The van der Waals surface area contributed by atoms with E-state index in [1.807, 2.05) is 20.8 Å². The Morgan fingerprint density at radius 2 is 1.97 bits per heavy atom. The van der Waals surface area contributed by atoms with Gasteiger partial charge in [-0.15, -0.1) is 0 Å². The number of aryl methyl sites for hydroxylation is 2. The molecule has 1 aliphatic heterocycles. The van der Waals surface area contributed by atoms with Gasteiger partial charge in [-0.05, 0) is 52.8 Å². The van der Waals surface area contributed by atoms with Crippen LogP contribution in [0.3, 0.4) is 0 Å². The minimum absolute atomic E-state index is 0.0347. The number of carbonyl (C=O) groups excluding carboxylic acids is 2. The van der Waals surface area contributed by atoms with E-state index in [-0.39, 0.29) is 71.0 Å². The largest absolute Gasteiger partial charge is 0.487 e. The van der Waals surface area contributed by atoms with Crippen LogP contribution in [0.1, 0.15) is 49.5 Å². The smallest absolute Gasteiger partial charge is 0.317 e. The Kier molecular flexibility index (Phi) is 8.93. The van der Waals surface area contributed by atoms with Gasteiger partial charge in [0.2, 0.25) is 0 Å². The first-order chi connectivity index (χ1) is 17.7. The summed E-state index contributed by atoms with van der Waals surface area (Å²) >= 11 is 0. The van der Waals surface area contributed by atoms with Crippen molar-refractivity contribution in [2.24, 2.45) is 5.92 Å². The van der Waals surface area contributed by atoms with Crippen molar-refractivity contribution in [3.8, 4) is 5.75 Å². The van der Waals surface area contributed by atoms with Crippen LogP contribution in [0, 0.1) is 19.8 Å². The fourth-order valence-corrected chi connectivity index (χ4v) is 5.66. The van der Waals surface area contributed by atoms with Gasteiger partial charge in [0.05, 0.1) is 24.8 Å². The van der Waals surface area contributed by atoms with Crippen LogP contribution in [0.2, 0.25) is 0 Å². The zero-order valence-electron chi connectivity index (χ0n) is 22.8. The maximum Gasteiger partial charge on any atom is 0.317 e. The van der Waals surface area contributed by atoms with Crippen LogP contribution in [0.5, 0.6) is 5.75 Å². The molecule has 0 radical (unpaired) electrons. The SMILES string of the molecule is Cc1noc(C)c1S(=O)(=O)Nc1ccc2c(c1)C(=O)N([C@H](C)CO)C[C@@H](C)[C@H](CN(C)C(=O)NC(C)C)O2. The number of nitrogens with zero attached hydrogens (tertiary/aromatic N) is 3. The second-order valence-electron chi connectivity index (χ2n) is 10.1. The summed E-state index contributed by atoms with van der Waals surface area (Å²) in [5, 5.41) is 16.4. The van der Waals surface area contributed by atoms with E-state index < -0.39 is 28.1 Å². The van der Waals surface area contributed by atoms with Gasteiger partial charge in [-0.25, -0.2) is 13.2 Å². The molecule has 2 heterocycles. The third kappa shape index (κ3) is 6.38. The highest BCUT2D eigenvalue weighted by Crippen LogP contribution is 2.32. The van der Waals surface area contributed by atoms with E-state index in [0.717, 1.165) is 0 Å². The van der Waals surface area contributed by atoms with Crippen molar-refractivity contribution in [1.82, 2.24) is 20.3 Å². The Morgan fingerprint density at radius 1 is 1.29 bits per heavy atom. The number of hydrogen-bond donors (Lipinski definition) is 3. The first-order valence-electron chi connectivity index (χ1n) is 12.4. The Bertz CT molecular complexity index is 1260. The molecule has 13 heteroatoms. The van der Waals surface area contributed by atoms with Crippen molar-refractivity contribution in [3.05, 3.63) is 35.2 Å². The second kappa shape index (κ2) is 11.6. The second-order valence-corrected chi connectivity index (χ2v) is 11.7. The first kappa shape index (κ1) is 29.2. The van der Waals surface area contributed by atoms with Crippen LogP contribution in [-0.2, 0) is 10.0 Å². The number of fused-ring (bicyclic) bond motifs is 1. The van der Waals surface area contributed by atoms with E-state index >= 15 is 0 Å². The number of hydrogen-bond acceptors (Lipinski definition) is 8. The van der Waals surface area contributed by atoms with Gasteiger partial charge in [0.25, 0.3) is 15.9 Å². The van der Waals surface area contributed by atoms with Gasteiger partial charge in [-0.1, -0.05) is 12.1 Å². The zero-order chi connectivity index (χ0) is 28.4. The number of sulfonamides is 1. The molecule has 0 spiro atoms. The van der Waals surface area contributed by atoms with Crippen molar-refractivity contribution in [3.63, 3.8) is 0 Å². The number of aliphatic hydroxyl groups is 1. The summed E-state index contributed by atoms with van der Waals surface area (Å²) < 4.78 is 39.8. The van der Waals surface area contributed by atoms with Crippen molar-refractivity contribution in [1.29, 1.82) is 0 Å². The Labute approximate surface area is 223 Å². The molecule has 3 N–H and O–H groups in total. The molecule has 210 valence electrons. The molecule has 3 rings (SSSR count). The van der Waals surface area contributed by atoms with Crippen LogP contribution in [-0.4, -0.2) is 85.4 Å². The molecule has 0 saturated carbocycles. The summed E-state index contributed by atoms with van der Waals surface area (Å²) in [5.41, 5.74) is 0.498. The van der Waals surface area contributed by atoms with Crippen LogP contribution < -0.4 is 14.8 Å². The topological polar surface area (TPSA) is 154 Å². The summed E-state index contributed by atoms with van der Waals surface area (Å²) in [4.78, 5) is 29.1. The summed E-state index contributed by atoms with van der Waals surface area (Å²) in [7, 11) is -2.38. The summed E-state index contributed by atoms with van der Waals surface area (Å²) in [6, 6.07) is 3.65. The number of urea groups is 1. The number of carbonyl (C=O) groups is 2. The van der Waals surface area contributed by atoms with Gasteiger partial charge in [-0.3, -0.25) is 9.52 Å². The molecule has 0 bridgehead atoms. The molecular formula is C25H37N5O7S. The lowest BCUT2D eigenvalue weighted by Crippen LogP contribution is -2.51. The van der Waals surface area contributed by atoms with Gasteiger partial charge < -0.3 is 29.5 Å². The van der Waals surface area contributed by atoms with Crippen LogP contribution in [0.15, 0.2) is 27.6 Å². The molecule has 0 unspecified atom stereocenters. The van der Waals surface area contributed by atoms with Crippen molar-refractivity contribution in [2.75, 3.05) is 31.5 Å². The number of benzene rings is 1. The monoisotopic (exact) mass is 551 g/mol. The zero-order valence-corrected chi connectivity index (χ0v) is 23.6. The van der Waals surface area contributed by atoms with Gasteiger partial charge in [0.1, 0.15) is 17.5 Å². The Morgan fingerprint density at radius 3 is 2.55 bits per heavy atom. The maximum absolute atomic E-state index is 13.6. The van der Waals surface area contributed by atoms with Crippen molar-refractivity contribution in [2.45, 2.75) is 64.6 Å². The minimum Gasteiger partial charge on any atom is -0.487 e. The molecule has 3 atom stereocenters. The number of rotatable bonds is 8. The average molecular weight is 552 g/mol. The van der Waals surface area contributed by atoms with E-state index in [1.54, 1.807) is 18.9 Å². The van der Waals surface area contributed by atoms with Crippen LogP contribution >= 0.6 is 0 Å². The number of amides is 3.